The summed E-state index contributed by atoms with van der Waals surface area (Å²) in [5.41, 5.74) is 1.25. The van der Waals surface area contributed by atoms with Crippen LogP contribution in [0.15, 0.2) is 11.6 Å². The van der Waals surface area contributed by atoms with Crippen LogP contribution < -0.4 is 0 Å². The van der Waals surface area contributed by atoms with Gasteiger partial charge in [0.1, 0.15) is 0 Å². The fourth-order valence-corrected chi connectivity index (χ4v) is 8.99. The number of carbonyl (C=O) groups excluding carboxylic acids is 1. The summed E-state index contributed by atoms with van der Waals surface area (Å²) >= 11 is 5.79. The lowest BCUT2D eigenvalue weighted by atomic mass is 9.44. The smallest absolute Gasteiger partial charge is 0.155 e. The fourth-order valence-electron chi connectivity index (χ4n) is 8.81. The van der Waals surface area contributed by atoms with E-state index in [1.165, 1.54) is 69.8 Å². The Hall–Kier alpha value is -0.340. The quantitative estimate of drug-likeness (QED) is 0.254. The maximum Gasteiger partial charge on any atom is 0.155 e. The molecule has 4 aliphatic carbocycles. The molecular weight excluding hydrogens is 428 g/mol. The second-order valence-electron chi connectivity index (χ2n) is 12.9. The highest BCUT2D eigenvalue weighted by Crippen LogP contribution is 2.69. The number of unbranched alkanes of at least 4 members (excludes halogenated alkanes) is 7. The van der Waals surface area contributed by atoms with Gasteiger partial charge in [-0.3, -0.25) is 4.79 Å². The van der Waals surface area contributed by atoms with E-state index in [4.69, 9.17) is 11.6 Å². The first-order chi connectivity index (χ1) is 15.7. The topological polar surface area (TPSA) is 37.3 Å². The van der Waals surface area contributed by atoms with Crippen molar-refractivity contribution in [2.75, 3.05) is 5.88 Å². The molecule has 0 unspecified atom stereocenters. The summed E-state index contributed by atoms with van der Waals surface area (Å²) in [7, 11) is 0. The molecule has 3 heteroatoms. The first-order valence-corrected chi connectivity index (χ1v) is 14.8. The number of allylic oxidation sites excluding steroid dienone is 1. The van der Waals surface area contributed by atoms with E-state index in [0.717, 1.165) is 50.3 Å². The van der Waals surface area contributed by atoms with E-state index in [2.05, 4.69) is 26.8 Å². The number of alkyl halides is 1. The molecule has 0 aromatic rings. The Balaban J connectivity index is 1.43. The molecule has 33 heavy (non-hydrogen) atoms. The Labute approximate surface area is 208 Å². The van der Waals surface area contributed by atoms with Crippen molar-refractivity contribution in [1.29, 1.82) is 0 Å². The normalized spacial score (nSPS) is 42.5. The highest BCUT2D eigenvalue weighted by Gasteiger charge is 2.64. The highest BCUT2D eigenvalue weighted by atomic mass is 35.5. The van der Waals surface area contributed by atoms with E-state index < -0.39 is 5.60 Å². The number of hydrogen-bond acceptors (Lipinski definition) is 2. The number of aliphatic hydroxyl groups is 1. The minimum Gasteiger partial charge on any atom is -0.390 e. The molecule has 3 fully saturated rings. The molecule has 7 atom stereocenters. The predicted octanol–water partition coefficient (Wildman–Crippen LogP) is 8.25. The van der Waals surface area contributed by atoms with E-state index in [1.54, 1.807) is 0 Å². The molecule has 188 valence electrons. The van der Waals surface area contributed by atoms with Gasteiger partial charge in [-0.1, -0.05) is 64.4 Å². The third-order valence-corrected chi connectivity index (χ3v) is 11.4. The van der Waals surface area contributed by atoms with E-state index in [-0.39, 0.29) is 10.8 Å². The molecule has 3 saturated carbocycles. The number of carbonyl (C=O) groups is 1. The van der Waals surface area contributed by atoms with Crippen LogP contribution in [0.25, 0.3) is 0 Å². The minimum atomic E-state index is -0.518. The van der Waals surface area contributed by atoms with Crippen molar-refractivity contribution in [3.8, 4) is 0 Å². The molecular formula is C30H49ClO2. The van der Waals surface area contributed by atoms with Crippen LogP contribution in [0.2, 0.25) is 0 Å². The Bertz CT molecular complexity index is 727. The Kier molecular flexibility index (Phi) is 8.06. The summed E-state index contributed by atoms with van der Waals surface area (Å²) < 4.78 is 0. The van der Waals surface area contributed by atoms with E-state index in [9.17, 15) is 9.90 Å². The first kappa shape index (κ1) is 25.7. The van der Waals surface area contributed by atoms with Crippen LogP contribution in [0.5, 0.6) is 0 Å². The number of rotatable bonds is 10. The van der Waals surface area contributed by atoms with Gasteiger partial charge in [-0.2, -0.15) is 0 Å². The second-order valence-corrected chi connectivity index (χ2v) is 13.3. The summed E-state index contributed by atoms with van der Waals surface area (Å²) in [6.07, 6.45) is 21.4. The summed E-state index contributed by atoms with van der Waals surface area (Å²) in [4.78, 5) is 12.4. The van der Waals surface area contributed by atoms with Crippen LogP contribution in [-0.4, -0.2) is 22.4 Å². The Morgan fingerprint density at radius 1 is 0.909 bits per heavy atom. The fraction of sp³-hybridized carbons (Fsp3) is 0.900. The van der Waals surface area contributed by atoms with Crippen molar-refractivity contribution < 1.29 is 9.90 Å². The van der Waals surface area contributed by atoms with Crippen molar-refractivity contribution >= 4 is 17.4 Å². The Morgan fingerprint density at radius 3 is 2.24 bits per heavy atom. The summed E-state index contributed by atoms with van der Waals surface area (Å²) in [6.45, 7) is 7.00. The van der Waals surface area contributed by atoms with Gasteiger partial charge in [0.25, 0.3) is 0 Å². The number of hydrogen-bond donors (Lipinski definition) is 1. The van der Waals surface area contributed by atoms with Crippen LogP contribution >= 0.6 is 11.6 Å². The minimum absolute atomic E-state index is 0.0670. The lowest BCUT2D eigenvalue weighted by Gasteiger charge is -2.61. The third kappa shape index (κ3) is 4.87. The van der Waals surface area contributed by atoms with Crippen molar-refractivity contribution in [2.24, 2.45) is 34.5 Å². The number of ketones is 1. The summed E-state index contributed by atoms with van der Waals surface area (Å²) in [5, 5.41) is 11.3. The average Bonchev–Trinajstić information content (AvgIpc) is 3.02. The zero-order valence-electron chi connectivity index (χ0n) is 21.6. The van der Waals surface area contributed by atoms with Crippen molar-refractivity contribution in [3.05, 3.63) is 11.6 Å². The van der Waals surface area contributed by atoms with Gasteiger partial charge in [0.2, 0.25) is 0 Å². The zero-order valence-corrected chi connectivity index (χ0v) is 22.4. The number of halogens is 1. The summed E-state index contributed by atoms with van der Waals surface area (Å²) in [6, 6.07) is 0. The predicted molar refractivity (Wildman–Crippen MR) is 138 cm³/mol. The van der Waals surface area contributed by atoms with Crippen LogP contribution in [-0.2, 0) is 4.79 Å². The first-order valence-electron chi connectivity index (χ1n) is 14.3. The molecule has 0 aromatic heterocycles. The molecule has 0 amide bonds. The van der Waals surface area contributed by atoms with Crippen molar-refractivity contribution in [1.82, 2.24) is 0 Å². The third-order valence-electron chi connectivity index (χ3n) is 11.2. The van der Waals surface area contributed by atoms with Gasteiger partial charge >= 0.3 is 0 Å². The van der Waals surface area contributed by atoms with E-state index in [1.807, 2.05) is 0 Å². The van der Waals surface area contributed by atoms with Crippen LogP contribution in [0, 0.1) is 34.5 Å². The number of fused-ring (bicyclic) bond motifs is 5. The van der Waals surface area contributed by atoms with Crippen LogP contribution in [0.3, 0.4) is 0 Å². The molecule has 4 aliphatic rings. The molecule has 0 saturated heterocycles. The van der Waals surface area contributed by atoms with E-state index >= 15 is 0 Å². The molecule has 0 heterocycles. The molecule has 2 nitrogen and oxygen atoms in total. The average molecular weight is 477 g/mol. The van der Waals surface area contributed by atoms with Gasteiger partial charge in [-0.05, 0) is 98.9 Å². The lowest BCUT2D eigenvalue weighted by molar-refractivity contribution is -0.135. The molecule has 0 radical (unpaired) electrons. The maximum absolute atomic E-state index is 12.4. The molecule has 0 spiro atoms. The zero-order chi connectivity index (χ0) is 23.7. The molecule has 0 bridgehead atoms. The van der Waals surface area contributed by atoms with Crippen molar-refractivity contribution in [2.45, 2.75) is 129 Å². The maximum atomic E-state index is 12.4. The van der Waals surface area contributed by atoms with Gasteiger partial charge in [0.05, 0.1) is 5.60 Å². The second kappa shape index (κ2) is 10.3. The largest absolute Gasteiger partial charge is 0.390 e. The molecule has 0 aromatic carbocycles. The van der Waals surface area contributed by atoms with Gasteiger partial charge < -0.3 is 5.11 Å². The van der Waals surface area contributed by atoms with Gasteiger partial charge in [0.15, 0.2) is 5.78 Å². The molecule has 4 rings (SSSR count). The summed E-state index contributed by atoms with van der Waals surface area (Å²) in [5.74, 6) is 3.93. The SMILES string of the molecule is C[C@]12CCC(=O)C=C1C[C@@H](CCCCCCCCCCCl)[C@@H]1[C@@H]2CC[C@@]2(C)[C@H]1CC[C@]2(C)O. The highest BCUT2D eigenvalue weighted by molar-refractivity contribution is 6.17. The van der Waals surface area contributed by atoms with Gasteiger partial charge in [-0.25, -0.2) is 0 Å². The van der Waals surface area contributed by atoms with Crippen LogP contribution in [0.4, 0.5) is 0 Å². The standard InChI is InChI=1S/C30H49ClO2/c1-28-16-13-24(32)21-23(28)20-22(12-10-8-6-4-5-7-9-11-19-31)27-25(28)14-17-29(2)26(27)15-18-30(29,3)33/h21-22,25-27,33H,4-20H2,1-3H3/t22-,25+,26+,27-,28+,29+,30+/m1/s1. The Morgan fingerprint density at radius 2 is 1.55 bits per heavy atom. The lowest BCUT2D eigenvalue weighted by Crippen LogP contribution is -2.56. The van der Waals surface area contributed by atoms with Gasteiger partial charge in [-0.15, -0.1) is 11.6 Å². The van der Waals surface area contributed by atoms with Gasteiger partial charge in [0, 0.05) is 12.3 Å². The molecule has 1 N–H and O–H groups in total. The monoisotopic (exact) mass is 476 g/mol. The van der Waals surface area contributed by atoms with Crippen LogP contribution in [0.1, 0.15) is 124 Å². The van der Waals surface area contributed by atoms with E-state index in [0.29, 0.717) is 23.5 Å². The van der Waals surface area contributed by atoms with Crippen molar-refractivity contribution in [3.63, 3.8) is 0 Å². The molecule has 0 aliphatic heterocycles.